The molecule has 31 heavy (non-hydrogen) atoms. The predicted octanol–water partition coefficient (Wildman–Crippen LogP) is 3.55. The third-order valence-corrected chi connectivity index (χ3v) is 5.36. The highest BCUT2D eigenvalue weighted by Gasteiger charge is 2.14. The quantitative estimate of drug-likeness (QED) is 0.403. The van der Waals surface area contributed by atoms with Gasteiger partial charge in [0.05, 0.1) is 9.82 Å². The SMILES string of the molecule is O=C(COc1ccc([N+](=O)[O-])cc1)Nc1ccc(S(=O)(=O)Nc2ccc(F)cc2)cc1. The molecule has 3 rings (SSSR count). The summed E-state index contributed by atoms with van der Waals surface area (Å²) in [6.07, 6.45) is 0. The molecule has 0 atom stereocenters. The average Bonchev–Trinajstić information content (AvgIpc) is 2.74. The number of hydrogen-bond donors (Lipinski definition) is 2. The first kappa shape index (κ1) is 21.7. The maximum atomic E-state index is 12.9. The molecule has 0 radical (unpaired) electrons. The van der Waals surface area contributed by atoms with E-state index in [1.54, 1.807) is 0 Å². The van der Waals surface area contributed by atoms with Crippen molar-refractivity contribution in [3.05, 3.63) is 88.7 Å². The summed E-state index contributed by atoms with van der Waals surface area (Å²) in [6.45, 7) is -0.343. The lowest BCUT2D eigenvalue weighted by Crippen LogP contribution is -2.20. The number of amides is 1. The molecule has 0 unspecified atom stereocenters. The lowest BCUT2D eigenvalue weighted by Gasteiger charge is -2.10. The van der Waals surface area contributed by atoms with Crippen molar-refractivity contribution in [2.24, 2.45) is 0 Å². The molecule has 0 aliphatic rings. The first-order chi connectivity index (χ1) is 14.7. The normalized spacial score (nSPS) is 10.9. The Balaban J connectivity index is 1.56. The first-order valence-corrected chi connectivity index (χ1v) is 10.3. The van der Waals surface area contributed by atoms with Gasteiger partial charge in [0.15, 0.2) is 6.61 Å². The molecule has 0 bridgehead atoms. The van der Waals surface area contributed by atoms with Crippen LogP contribution >= 0.6 is 0 Å². The largest absolute Gasteiger partial charge is 0.484 e. The number of carbonyl (C=O) groups is 1. The van der Waals surface area contributed by atoms with Crippen molar-refractivity contribution < 1.29 is 27.3 Å². The number of nitro groups is 1. The molecule has 0 saturated carbocycles. The van der Waals surface area contributed by atoms with Crippen molar-refractivity contribution in [3.8, 4) is 5.75 Å². The Morgan fingerprint density at radius 3 is 2.10 bits per heavy atom. The number of ether oxygens (including phenoxy) is 1. The van der Waals surface area contributed by atoms with Gasteiger partial charge in [0, 0.05) is 23.5 Å². The number of non-ortho nitro benzene ring substituents is 1. The number of rotatable bonds is 8. The van der Waals surface area contributed by atoms with Crippen LogP contribution in [0.1, 0.15) is 0 Å². The van der Waals surface area contributed by atoms with Gasteiger partial charge < -0.3 is 10.1 Å². The molecule has 0 spiro atoms. The highest BCUT2D eigenvalue weighted by atomic mass is 32.2. The molecule has 3 aromatic carbocycles. The van der Waals surface area contributed by atoms with E-state index in [4.69, 9.17) is 4.74 Å². The molecule has 0 aliphatic carbocycles. The van der Waals surface area contributed by atoms with E-state index in [0.29, 0.717) is 5.69 Å². The summed E-state index contributed by atoms with van der Waals surface area (Å²) in [7, 11) is -3.89. The Kier molecular flexibility index (Phi) is 6.46. The monoisotopic (exact) mass is 445 g/mol. The van der Waals surface area contributed by atoms with Crippen LogP contribution in [0.4, 0.5) is 21.5 Å². The third-order valence-electron chi connectivity index (χ3n) is 3.96. The van der Waals surface area contributed by atoms with Gasteiger partial charge in [0.2, 0.25) is 0 Å². The fraction of sp³-hybridized carbons (Fsp3) is 0.0500. The lowest BCUT2D eigenvalue weighted by atomic mass is 10.3. The van der Waals surface area contributed by atoms with Crippen molar-refractivity contribution in [1.29, 1.82) is 0 Å². The molecule has 0 fully saturated rings. The number of halogens is 1. The van der Waals surface area contributed by atoms with Crippen LogP contribution in [0.25, 0.3) is 0 Å². The van der Waals surface area contributed by atoms with E-state index in [1.165, 1.54) is 60.7 Å². The first-order valence-electron chi connectivity index (χ1n) is 8.78. The van der Waals surface area contributed by atoms with Crippen LogP contribution in [0.2, 0.25) is 0 Å². The minimum Gasteiger partial charge on any atom is -0.484 e. The van der Waals surface area contributed by atoms with E-state index in [-0.39, 0.29) is 28.6 Å². The van der Waals surface area contributed by atoms with Gasteiger partial charge in [0.1, 0.15) is 11.6 Å². The van der Waals surface area contributed by atoms with Crippen molar-refractivity contribution >= 4 is 33.0 Å². The van der Waals surface area contributed by atoms with Gasteiger partial charge in [-0.15, -0.1) is 0 Å². The van der Waals surface area contributed by atoms with Crippen molar-refractivity contribution in [3.63, 3.8) is 0 Å². The fourth-order valence-electron chi connectivity index (χ4n) is 2.46. The van der Waals surface area contributed by atoms with Crippen LogP contribution in [0, 0.1) is 15.9 Å². The van der Waals surface area contributed by atoms with Crippen LogP contribution in [-0.4, -0.2) is 25.9 Å². The van der Waals surface area contributed by atoms with Gasteiger partial charge in [-0.3, -0.25) is 19.6 Å². The minimum absolute atomic E-state index is 0.0445. The van der Waals surface area contributed by atoms with Crippen molar-refractivity contribution in [2.75, 3.05) is 16.6 Å². The molecule has 160 valence electrons. The maximum absolute atomic E-state index is 12.9. The van der Waals surface area contributed by atoms with E-state index in [2.05, 4.69) is 10.0 Å². The number of hydrogen-bond acceptors (Lipinski definition) is 6. The van der Waals surface area contributed by atoms with Gasteiger partial charge >= 0.3 is 0 Å². The van der Waals surface area contributed by atoms with Gasteiger partial charge in [-0.05, 0) is 60.7 Å². The molecule has 0 aromatic heterocycles. The van der Waals surface area contributed by atoms with Crippen LogP contribution in [0.3, 0.4) is 0 Å². The van der Waals surface area contributed by atoms with E-state index in [9.17, 15) is 27.7 Å². The third kappa shape index (κ3) is 6.00. The molecule has 9 nitrogen and oxygen atoms in total. The number of nitro benzene ring substituents is 1. The topological polar surface area (TPSA) is 128 Å². The summed E-state index contributed by atoms with van der Waals surface area (Å²) >= 11 is 0. The van der Waals surface area contributed by atoms with Gasteiger partial charge in [-0.2, -0.15) is 0 Å². The number of anilines is 2. The lowest BCUT2D eigenvalue weighted by molar-refractivity contribution is -0.384. The molecule has 0 saturated heterocycles. The number of nitrogens with zero attached hydrogens (tertiary/aromatic N) is 1. The standard InChI is InChI=1S/C20H16FN3O6S/c21-14-1-3-16(4-2-14)23-31(28,29)19-11-5-15(6-12-19)22-20(25)13-30-18-9-7-17(8-10-18)24(26)27/h1-12,23H,13H2,(H,22,25). The van der Waals surface area contributed by atoms with E-state index in [0.717, 1.165) is 12.1 Å². The molecule has 11 heteroatoms. The summed E-state index contributed by atoms with van der Waals surface area (Å²) < 4.78 is 45.3. The second kappa shape index (κ2) is 9.22. The number of nitrogens with one attached hydrogen (secondary N) is 2. The molecular weight excluding hydrogens is 429 g/mol. The summed E-state index contributed by atoms with van der Waals surface area (Å²) in [5.74, 6) is -0.701. The zero-order chi connectivity index (χ0) is 22.4. The van der Waals surface area contributed by atoms with Gasteiger partial charge in [0.25, 0.3) is 21.6 Å². The zero-order valence-corrected chi connectivity index (χ0v) is 16.6. The Hall–Kier alpha value is -3.99. The molecule has 0 aliphatic heterocycles. The van der Waals surface area contributed by atoms with E-state index < -0.39 is 26.7 Å². The molecule has 0 heterocycles. The van der Waals surface area contributed by atoms with Crippen molar-refractivity contribution in [1.82, 2.24) is 0 Å². The van der Waals surface area contributed by atoms with Crippen LogP contribution in [0.15, 0.2) is 77.7 Å². The number of sulfonamides is 1. The zero-order valence-electron chi connectivity index (χ0n) is 15.8. The highest BCUT2D eigenvalue weighted by Crippen LogP contribution is 2.19. The number of benzene rings is 3. The fourth-order valence-corrected chi connectivity index (χ4v) is 3.52. The minimum atomic E-state index is -3.89. The summed E-state index contributed by atoms with van der Waals surface area (Å²) in [5, 5.41) is 13.2. The number of carbonyl (C=O) groups excluding carboxylic acids is 1. The van der Waals surface area contributed by atoms with E-state index >= 15 is 0 Å². The van der Waals surface area contributed by atoms with Crippen LogP contribution < -0.4 is 14.8 Å². The van der Waals surface area contributed by atoms with Crippen LogP contribution in [0.5, 0.6) is 5.75 Å². The summed E-state index contributed by atoms with van der Waals surface area (Å²) in [5.41, 5.74) is 0.459. The van der Waals surface area contributed by atoms with Gasteiger partial charge in [-0.25, -0.2) is 12.8 Å². The maximum Gasteiger partial charge on any atom is 0.269 e. The highest BCUT2D eigenvalue weighted by molar-refractivity contribution is 7.92. The average molecular weight is 445 g/mol. The van der Waals surface area contributed by atoms with E-state index in [1.807, 2.05) is 0 Å². The van der Waals surface area contributed by atoms with Crippen LogP contribution in [-0.2, 0) is 14.8 Å². The Bertz CT molecular complexity index is 1180. The Morgan fingerprint density at radius 1 is 0.935 bits per heavy atom. The Labute approximate surface area is 176 Å². The van der Waals surface area contributed by atoms with Gasteiger partial charge in [-0.1, -0.05) is 0 Å². The summed E-state index contributed by atoms with van der Waals surface area (Å²) in [4.78, 5) is 22.0. The molecular formula is C20H16FN3O6S. The Morgan fingerprint density at radius 2 is 1.52 bits per heavy atom. The smallest absolute Gasteiger partial charge is 0.269 e. The predicted molar refractivity (Wildman–Crippen MR) is 111 cm³/mol. The van der Waals surface area contributed by atoms with Crippen molar-refractivity contribution in [2.45, 2.75) is 4.90 Å². The second-order valence-corrected chi connectivity index (χ2v) is 7.91. The second-order valence-electron chi connectivity index (χ2n) is 6.22. The summed E-state index contributed by atoms with van der Waals surface area (Å²) in [6, 6.07) is 15.5. The molecule has 3 aromatic rings. The molecule has 1 amide bonds. The molecule has 2 N–H and O–H groups in total.